The first-order valence-corrected chi connectivity index (χ1v) is 7.95. The fourth-order valence-electron chi connectivity index (χ4n) is 2.77. The molecule has 2 N–H and O–H groups in total. The van der Waals surface area contributed by atoms with Crippen molar-refractivity contribution in [3.8, 4) is 0 Å². The van der Waals surface area contributed by atoms with Crippen molar-refractivity contribution in [3.63, 3.8) is 0 Å². The van der Waals surface area contributed by atoms with Crippen LogP contribution in [0.5, 0.6) is 0 Å². The van der Waals surface area contributed by atoms with Crippen LogP contribution in [0.3, 0.4) is 0 Å². The summed E-state index contributed by atoms with van der Waals surface area (Å²) in [6.45, 7) is 3.39. The van der Waals surface area contributed by atoms with Crippen LogP contribution in [0.2, 0.25) is 0 Å². The molecule has 2 aromatic rings. The normalized spacial score (nSPS) is 16.2. The van der Waals surface area contributed by atoms with E-state index in [2.05, 4.69) is 15.0 Å². The lowest BCUT2D eigenvalue weighted by Crippen LogP contribution is -2.35. The Morgan fingerprint density at radius 3 is 2.83 bits per heavy atom. The van der Waals surface area contributed by atoms with Crippen molar-refractivity contribution in [2.75, 3.05) is 26.2 Å². The van der Waals surface area contributed by atoms with Gasteiger partial charge < -0.3 is 15.2 Å². The van der Waals surface area contributed by atoms with Crippen molar-refractivity contribution < 1.29 is 13.7 Å². The summed E-state index contributed by atoms with van der Waals surface area (Å²) in [5.74, 6) is 0.255. The highest BCUT2D eigenvalue weighted by Crippen LogP contribution is 2.13. The molecule has 8 heteroatoms. The Kier molecular flexibility index (Phi) is 5.17. The lowest BCUT2D eigenvalue weighted by molar-refractivity contribution is 0.0756. The maximum absolute atomic E-state index is 13.8. The van der Waals surface area contributed by atoms with E-state index in [-0.39, 0.29) is 18.0 Å². The van der Waals surface area contributed by atoms with E-state index in [0.717, 1.165) is 13.0 Å². The Balaban J connectivity index is 1.60. The average molecular weight is 333 g/mol. The van der Waals surface area contributed by atoms with E-state index in [4.69, 9.17) is 10.3 Å². The van der Waals surface area contributed by atoms with E-state index in [9.17, 15) is 9.18 Å². The van der Waals surface area contributed by atoms with Gasteiger partial charge >= 0.3 is 0 Å². The second-order valence-corrected chi connectivity index (χ2v) is 5.71. The Hall–Kier alpha value is -2.32. The summed E-state index contributed by atoms with van der Waals surface area (Å²) >= 11 is 0. The van der Waals surface area contributed by atoms with Crippen molar-refractivity contribution in [2.24, 2.45) is 5.73 Å². The summed E-state index contributed by atoms with van der Waals surface area (Å²) in [4.78, 5) is 20.5. The second-order valence-electron chi connectivity index (χ2n) is 5.71. The van der Waals surface area contributed by atoms with Crippen LogP contribution in [0.1, 0.15) is 28.5 Å². The fraction of sp³-hybridized carbons (Fsp3) is 0.438. The third-order valence-electron chi connectivity index (χ3n) is 4.03. The van der Waals surface area contributed by atoms with Crippen LogP contribution in [0.4, 0.5) is 4.39 Å². The van der Waals surface area contributed by atoms with E-state index in [1.165, 1.54) is 12.1 Å². The van der Waals surface area contributed by atoms with E-state index in [1.54, 1.807) is 17.0 Å². The van der Waals surface area contributed by atoms with Gasteiger partial charge in [-0.15, -0.1) is 0 Å². The summed E-state index contributed by atoms with van der Waals surface area (Å²) in [7, 11) is 0. The molecule has 0 aliphatic carbocycles. The molecule has 0 unspecified atom stereocenters. The molecule has 0 radical (unpaired) electrons. The van der Waals surface area contributed by atoms with Gasteiger partial charge in [-0.25, -0.2) is 4.39 Å². The lowest BCUT2D eigenvalue weighted by atomic mass is 10.2. The summed E-state index contributed by atoms with van der Waals surface area (Å²) in [6, 6.07) is 6.08. The molecular formula is C16H20FN5O2. The molecule has 2 heterocycles. The van der Waals surface area contributed by atoms with Gasteiger partial charge in [-0.1, -0.05) is 17.3 Å². The van der Waals surface area contributed by atoms with Gasteiger partial charge in [-0.05, 0) is 18.6 Å². The van der Waals surface area contributed by atoms with Crippen LogP contribution in [0.15, 0.2) is 28.8 Å². The van der Waals surface area contributed by atoms with Crippen molar-refractivity contribution in [1.29, 1.82) is 0 Å². The van der Waals surface area contributed by atoms with Gasteiger partial charge in [0.15, 0.2) is 5.82 Å². The zero-order valence-electron chi connectivity index (χ0n) is 13.3. The van der Waals surface area contributed by atoms with Crippen LogP contribution in [-0.4, -0.2) is 52.0 Å². The van der Waals surface area contributed by atoms with E-state index < -0.39 is 5.82 Å². The Bertz CT molecular complexity index is 705. The van der Waals surface area contributed by atoms with Crippen LogP contribution in [-0.2, 0) is 13.1 Å². The molecule has 0 spiro atoms. The first-order chi connectivity index (χ1) is 11.7. The number of hydrogen-bond acceptors (Lipinski definition) is 6. The summed E-state index contributed by atoms with van der Waals surface area (Å²) in [5.41, 5.74) is 5.58. The van der Waals surface area contributed by atoms with Crippen LogP contribution < -0.4 is 5.73 Å². The Labute approximate surface area is 139 Å². The number of aromatic nitrogens is 2. The first kappa shape index (κ1) is 16.5. The zero-order chi connectivity index (χ0) is 16.9. The average Bonchev–Trinajstić information content (AvgIpc) is 2.92. The second kappa shape index (κ2) is 7.50. The molecule has 7 nitrogen and oxygen atoms in total. The van der Waals surface area contributed by atoms with Crippen molar-refractivity contribution in [2.45, 2.75) is 19.5 Å². The standard InChI is InChI=1S/C16H20FN5O2/c17-13-5-2-1-4-12(13)16(23)22-7-3-6-21(8-9-22)11-14-19-15(10-18)24-20-14/h1-2,4-5H,3,6-11,18H2. The van der Waals surface area contributed by atoms with E-state index in [1.807, 2.05) is 0 Å². The molecular weight excluding hydrogens is 313 g/mol. The maximum atomic E-state index is 13.8. The van der Waals surface area contributed by atoms with E-state index >= 15 is 0 Å². The Morgan fingerprint density at radius 2 is 2.08 bits per heavy atom. The van der Waals surface area contributed by atoms with Gasteiger partial charge in [0.05, 0.1) is 18.7 Å². The van der Waals surface area contributed by atoms with Gasteiger partial charge in [0, 0.05) is 26.2 Å². The molecule has 1 fully saturated rings. The summed E-state index contributed by atoms with van der Waals surface area (Å²) < 4.78 is 18.8. The number of nitrogens with zero attached hydrogens (tertiary/aromatic N) is 4. The van der Waals surface area contributed by atoms with E-state index in [0.29, 0.717) is 37.9 Å². The third-order valence-corrected chi connectivity index (χ3v) is 4.03. The monoisotopic (exact) mass is 333 g/mol. The Morgan fingerprint density at radius 1 is 1.25 bits per heavy atom. The molecule has 1 saturated heterocycles. The molecule has 0 atom stereocenters. The predicted molar refractivity (Wildman–Crippen MR) is 84.4 cm³/mol. The quantitative estimate of drug-likeness (QED) is 0.898. The summed E-state index contributed by atoms with van der Waals surface area (Å²) in [5, 5.41) is 3.89. The minimum absolute atomic E-state index is 0.122. The van der Waals surface area contributed by atoms with Gasteiger partial charge in [-0.3, -0.25) is 9.69 Å². The molecule has 3 rings (SSSR count). The topological polar surface area (TPSA) is 88.5 Å². The van der Waals surface area contributed by atoms with Crippen molar-refractivity contribution in [3.05, 3.63) is 47.4 Å². The lowest BCUT2D eigenvalue weighted by Gasteiger charge is -2.21. The first-order valence-electron chi connectivity index (χ1n) is 7.95. The highest BCUT2D eigenvalue weighted by atomic mass is 19.1. The summed E-state index contributed by atoms with van der Waals surface area (Å²) in [6.07, 6.45) is 0.807. The number of rotatable bonds is 4. The molecule has 1 aliphatic rings. The zero-order valence-corrected chi connectivity index (χ0v) is 13.3. The van der Waals surface area contributed by atoms with Crippen molar-refractivity contribution in [1.82, 2.24) is 19.9 Å². The smallest absolute Gasteiger partial charge is 0.256 e. The fourth-order valence-corrected chi connectivity index (χ4v) is 2.77. The van der Waals surface area contributed by atoms with Crippen molar-refractivity contribution >= 4 is 5.91 Å². The molecule has 1 aromatic heterocycles. The molecule has 1 aromatic carbocycles. The number of benzene rings is 1. The SMILES string of the molecule is NCc1nc(CN2CCCN(C(=O)c3ccccc3F)CC2)no1. The molecule has 1 amide bonds. The molecule has 128 valence electrons. The molecule has 1 aliphatic heterocycles. The van der Waals surface area contributed by atoms with Gasteiger partial charge in [0.25, 0.3) is 5.91 Å². The number of hydrogen-bond donors (Lipinski definition) is 1. The highest BCUT2D eigenvalue weighted by Gasteiger charge is 2.23. The van der Waals surface area contributed by atoms with Gasteiger partial charge in [-0.2, -0.15) is 4.98 Å². The molecule has 24 heavy (non-hydrogen) atoms. The van der Waals surface area contributed by atoms with Gasteiger partial charge in [0.2, 0.25) is 5.89 Å². The number of carbonyl (C=O) groups is 1. The predicted octanol–water partition coefficient (Wildman–Crippen LogP) is 1.02. The van der Waals surface area contributed by atoms with Crippen LogP contribution in [0.25, 0.3) is 0 Å². The van der Waals surface area contributed by atoms with Crippen LogP contribution in [0, 0.1) is 5.82 Å². The third kappa shape index (κ3) is 3.77. The highest BCUT2D eigenvalue weighted by molar-refractivity contribution is 5.94. The number of carbonyl (C=O) groups excluding carboxylic acids is 1. The minimum Gasteiger partial charge on any atom is -0.338 e. The number of halogens is 1. The maximum Gasteiger partial charge on any atom is 0.256 e. The molecule has 0 bridgehead atoms. The van der Waals surface area contributed by atoms with Crippen LogP contribution >= 0.6 is 0 Å². The minimum atomic E-state index is -0.482. The number of nitrogens with two attached hydrogens (primary N) is 1. The number of amides is 1. The molecule has 0 saturated carbocycles. The largest absolute Gasteiger partial charge is 0.338 e. The van der Waals surface area contributed by atoms with Gasteiger partial charge in [0.1, 0.15) is 5.82 Å².